The number of nitrogens with zero attached hydrogens (tertiary/aromatic N) is 5. The van der Waals surface area contributed by atoms with Gasteiger partial charge >= 0.3 is 5.97 Å². The van der Waals surface area contributed by atoms with Crippen LogP contribution in [0, 0.1) is 23.2 Å². The summed E-state index contributed by atoms with van der Waals surface area (Å²) in [5.41, 5.74) is 4.39. The van der Waals surface area contributed by atoms with E-state index in [0.717, 1.165) is 27.1 Å². The molecule has 19 nitrogen and oxygen atoms in total. The number of aromatic nitrogens is 1. The SMILES string of the molecule is CN(C)c1ccc2c(-c3ccc(C(=O)NCCCCC(N=C(CCCn4c(O)c5c(c4O)C4C=CC5C5C=CC45)C4C(=O)CC(C)(C)CC4=O)C(=O)NCCCCCC(=O)CN4C(=O)CCC4=O)cc3C(=O)O)c3ccc(=[N+](C)C)cc-3oc2c1. The van der Waals surface area contributed by atoms with Crippen LogP contribution in [0.1, 0.15) is 141 Å². The van der Waals surface area contributed by atoms with E-state index in [1.807, 2.05) is 87.9 Å². The van der Waals surface area contributed by atoms with Crippen molar-refractivity contribution in [2.24, 2.45) is 28.2 Å². The Balaban J connectivity index is 0.851. The fourth-order valence-corrected chi connectivity index (χ4v) is 13.1. The number of aliphatic imine (C=N–C) groups is 1. The molecule has 0 spiro atoms. The lowest BCUT2D eigenvalue weighted by atomic mass is 9.56. The van der Waals surface area contributed by atoms with Crippen LogP contribution in [0.4, 0.5) is 5.69 Å². The predicted octanol–water partition coefficient (Wildman–Crippen LogP) is 7.93. The summed E-state index contributed by atoms with van der Waals surface area (Å²) in [6.45, 7) is 4.03. The molecule has 5 atom stereocenters. The third-order valence-corrected chi connectivity index (χ3v) is 17.6. The number of ketones is 3. The molecule has 3 aromatic rings. The fourth-order valence-electron chi connectivity index (χ4n) is 13.1. The molecule has 8 aliphatic rings. The van der Waals surface area contributed by atoms with Gasteiger partial charge in [-0.2, -0.15) is 0 Å². The molecule has 5 unspecified atom stereocenters. The minimum absolute atomic E-state index is 0.00962. The molecular formula is C66H76N7O12+. The molecule has 3 heterocycles. The number of fused-ring (bicyclic) bond motifs is 2. The van der Waals surface area contributed by atoms with Crippen LogP contribution >= 0.6 is 0 Å². The highest BCUT2D eigenvalue weighted by atomic mass is 16.4. The zero-order valence-corrected chi connectivity index (χ0v) is 49.2. The second-order valence-electron chi connectivity index (χ2n) is 24.7. The lowest BCUT2D eigenvalue weighted by molar-refractivity contribution is -0.142. The second kappa shape index (κ2) is 24.6. The van der Waals surface area contributed by atoms with Gasteiger partial charge in [-0.15, -0.1) is 0 Å². The molecule has 2 aliphatic heterocycles. The van der Waals surface area contributed by atoms with Gasteiger partial charge in [0, 0.05) is 134 Å². The Morgan fingerprint density at radius 3 is 2.05 bits per heavy atom. The van der Waals surface area contributed by atoms with Crippen molar-refractivity contribution < 1.29 is 58.1 Å². The van der Waals surface area contributed by atoms with Gasteiger partial charge in [-0.25, -0.2) is 9.37 Å². The number of nitrogens with one attached hydrogen (secondary N) is 2. The maximum absolute atomic E-state index is 14.3. The summed E-state index contributed by atoms with van der Waals surface area (Å²) >= 11 is 0. The number of Topliss-reactive ketones (excluding diaryl/α,β-unsaturated/α-hetero) is 3. The zero-order valence-electron chi connectivity index (χ0n) is 49.2. The number of allylic oxidation sites excluding steroid dienone is 4. The third-order valence-electron chi connectivity index (χ3n) is 17.6. The standard InChI is InChI=1S/C66H75N7O12/c1-66(2)34-51(75)60(52(76)35-66)49(15-12-30-72-63(81)58-43-24-25-44(59(58)64(72)82)42-23-22-41(42)43)69-50(62(80)68-28-10-7-8-13-40(74)36-73-55(77)26-27-56(73)78)14-9-11-29-67-61(79)37-16-19-45(48(31-37)65(83)84)57-46-20-17-38(70(3)4)32-53(46)85-54-33-39(71(5)6)18-21-47(54)57/h16-25,31-33,41-44,50,60,67H,7-15,26-30,34-36H2,1-6H3,(H3,68,79,80,83,84)/p+1. The topological polar surface area (TPSA) is 261 Å². The van der Waals surface area contributed by atoms with Crippen LogP contribution < -0.4 is 25.5 Å². The Bertz CT molecular complexity index is 3610. The lowest BCUT2D eigenvalue weighted by Gasteiger charge is -2.47. The number of aromatic hydroxyl groups is 2. The van der Waals surface area contributed by atoms with Gasteiger partial charge in [0.1, 0.15) is 49.0 Å². The molecule has 6 aliphatic carbocycles. The smallest absolute Gasteiger partial charge is 0.336 e. The molecule has 2 bridgehead atoms. The van der Waals surface area contributed by atoms with Crippen molar-refractivity contribution in [1.82, 2.24) is 24.7 Å². The van der Waals surface area contributed by atoms with E-state index in [-0.39, 0.29) is 159 Å². The highest BCUT2D eigenvalue weighted by Crippen LogP contribution is 2.61. The fraction of sp³-hybridized carbons (Fsp3) is 0.455. The first-order valence-corrected chi connectivity index (χ1v) is 29.7. The molecule has 2 fully saturated rings. The lowest BCUT2D eigenvalue weighted by Crippen LogP contribution is -2.43. The first kappa shape index (κ1) is 59.7. The van der Waals surface area contributed by atoms with Crippen LogP contribution in [0.5, 0.6) is 11.8 Å². The average Bonchev–Trinajstić information content (AvgIpc) is 1.68. The van der Waals surface area contributed by atoms with Crippen LogP contribution in [0.15, 0.2) is 88.3 Å². The number of hydrogen-bond donors (Lipinski definition) is 5. The van der Waals surface area contributed by atoms with Gasteiger partial charge in [-0.3, -0.25) is 48.0 Å². The number of carboxylic acid groups (broad SMARTS) is 1. The van der Waals surface area contributed by atoms with Gasteiger partial charge in [-0.1, -0.05) is 50.6 Å². The summed E-state index contributed by atoms with van der Waals surface area (Å²) in [7, 11) is 7.69. The van der Waals surface area contributed by atoms with Gasteiger partial charge in [0.05, 0.1) is 18.2 Å². The van der Waals surface area contributed by atoms with Crippen LogP contribution in [-0.4, -0.2) is 131 Å². The maximum Gasteiger partial charge on any atom is 0.336 e. The number of unbranched alkanes of at least 4 members (excludes halogenated alkanes) is 3. The Morgan fingerprint density at radius 1 is 0.765 bits per heavy atom. The van der Waals surface area contributed by atoms with Gasteiger partial charge in [-0.05, 0) is 98.1 Å². The molecule has 2 aromatic carbocycles. The van der Waals surface area contributed by atoms with Gasteiger partial charge in [0.15, 0.2) is 17.5 Å². The number of anilines is 1. The van der Waals surface area contributed by atoms with Gasteiger partial charge < -0.3 is 35.3 Å². The summed E-state index contributed by atoms with van der Waals surface area (Å²) in [4.78, 5) is 114. The van der Waals surface area contributed by atoms with E-state index in [4.69, 9.17) is 9.41 Å². The van der Waals surface area contributed by atoms with Crippen LogP contribution in [0.25, 0.3) is 33.4 Å². The first-order valence-electron chi connectivity index (χ1n) is 29.7. The van der Waals surface area contributed by atoms with E-state index in [2.05, 4.69) is 34.9 Å². The predicted molar refractivity (Wildman–Crippen MR) is 321 cm³/mol. The Morgan fingerprint density at radius 2 is 1.41 bits per heavy atom. The van der Waals surface area contributed by atoms with Crippen molar-refractivity contribution >= 4 is 69.3 Å². The largest absolute Gasteiger partial charge is 0.494 e. The Kier molecular flexibility index (Phi) is 17.3. The molecule has 1 saturated heterocycles. The number of benzene rings is 3. The minimum Gasteiger partial charge on any atom is -0.494 e. The van der Waals surface area contributed by atoms with Crippen LogP contribution in [-0.2, 0) is 35.3 Å². The number of imide groups is 1. The van der Waals surface area contributed by atoms with Crippen molar-refractivity contribution in [2.45, 2.75) is 122 Å². The molecule has 85 heavy (non-hydrogen) atoms. The Labute approximate surface area is 493 Å². The van der Waals surface area contributed by atoms with Crippen molar-refractivity contribution in [3.8, 4) is 34.2 Å². The second-order valence-corrected chi connectivity index (χ2v) is 24.7. The van der Waals surface area contributed by atoms with E-state index in [1.54, 1.807) is 12.1 Å². The molecule has 4 amide bonds. The van der Waals surface area contributed by atoms with E-state index in [1.165, 1.54) is 10.6 Å². The number of aromatic carboxylic acids is 1. The molecule has 19 heteroatoms. The normalized spacial score (nSPS) is 20.0. The quantitative estimate of drug-likeness (QED) is 0.00749. The molecule has 5 N–H and O–H groups in total. The number of carboxylic acids is 1. The van der Waals surface area contributed by atoms with Crippen molar-refractivity contribution in [3.05, 3.63) is 107 Å². The first-order chi connectivity index (χ1) is 40.6. The summed E-state index contributed by atoms with van der Waals surface area (Å²) < 4.78 is 9.90. The molecule has 0 radical (unpaired) electrons. The zero-order chi connectivity index (χ0) is 60.6. The van der Waals surface area contributed by atoms with Gasteiger partial charge in [0.2, 0.25) is 23.1 Å². The number of carbonyl (C=O) groups is 8. The van der Waals surface area contributed by atoms with Crippen LogP contribution in [0.3, 0.4) is 0 Å². The summed E-state index contributed by atoms with van der Waals surface area (Å²) in [6.07, 6.45) is 12.0. The number of hydrogen-bond acceptors (Lipinski definition) is 13. The van der Waals surface area contributed by atoms with Crippen LogP contribution in [0.2, 0.25) is 0 Å². The maximum atomic E-state index is 14.3. The van der Waals surface area contributed by atoms with E-state index in [0.29, 0.717) is 65.5 Å². The minimum atomic E-state index is -1.22. The monoisotopic (exact) mass is 1160 g/mol. The molecule has 446 valence electrons. The summed E-state index contributed by atoms with van der Waals surface area (Å²) in [5.74, 6) is -3.91. The summed E-state index contributed by atoms with van der Waals surface area (Å²) in [5, 5.41) is 41.4. The molecule has 11 rings (SSSR count). The van der Waals surface area contributed by atoms with Crippen molar-refractivity contribution in [2.75, 3.05) is 52.7 Å². The van der Waals surface area contributed by atoms with E-state index >= 15 is 0 Å². The summed E-state index contributed by atoms with van der Waals surface area (Å²) in [6, 6.07) is 15.1. The number of amides is 4. The Hall–Kier alpha value is -8.48. The molecular weight excluding hydrogens is 1080 g/mol. The highest BCUT2D eigenvalue weighted by molar-refractivity contribution is 6.22. The van der Waals surface area contributed by atoms with Gasteiger partial charge in [0.25, 0.3) is 5.91 Å². The molecule has 1 aromatic heterocycles. The highest BCUT2D eigenvalue weighted by Gasteiger charge is 2.50. The number of likely N-dealkylation sites (tertiary alicyclic amines) is 1. The molecule has 1 saturated carbocycles. The third kappa shape index (κ3) is 12.3. The van der Waals surface area contributed by atoms with E-state index < -0.39 is 35.2 Å². The number of carbonyl (C=O) groups excluding carboxylic acids is 7. The van der Waals surface area contributed by atoms with E-state index in [9.17, 15) is 53.7 Å². The number of rotatable bonds is 24. The van der Waals surface area contributed by atoms with Crippen molar-refractivity contribution in [1.29, 1.82) is 0 Å². The van der Waals surface area contributed by atoms with Crippen molar-refractivity contribution in [3.63, 3.8) is 0 Å². The average molecular weight is 1160 g/mol.